The van der Waals surface area contributed by atoms with E-state index >= 15 is 0 Å². The highest BCUT2D eigenvalue weighted by molar-refractivity contribution is 6.01. The van der Waals surface area contributed by atoms with E-state index in [0.717, 1.165) is 5.56 Å². The van der Waals surface area contributed by atoms with E-state index < -0.39 is 11.9 Å². The number of halogens is 2. The fourth-order valence-corrected chi connectivity index (χ4v) is 3.60. The van der Waals surface area contributed by atoms with Gasteiger partial charge in [-0.1, -0.05) is 53.7 Å². The zero-order chi connectivity index (χ0) is 22.5. The first-order valence-corrected chi connectivity index (χ1v) is 10.3. The molecule has 5 nitrogen and oxygen atoms in total. The van der Waals surface area contributed by atoms with Gasteiger partial charge in [0.2, 0.25) is 0 Å². The summed E-state index contributed by atoms with van der Waals surface area (Å²) in [6.07, 6.45) is -0.133. The number of carbonyl (C=O) groups excluding carboxylic acids is 1. The molecule has 32 heavy (non-hydrogen) atoms. The Balaban J connectivity index is 1.50. The van der Waals surface area contributed by atoms with Crippen LogP contribution in [0.3, 0.4) is 0 Å². The number of oxime groups is 1. The first kappa shape index (κ1) is 21.5. The van der Waals surface area contributed by atoms with Gasteiger partial charge in [-0.25, -0.2) is 13.6 Å². The van der Waals surface area contributed by atoms with Gasteiger partial charge < -0.3 is 15.1 Å². The monoisotopic (exact) mass is 435 g/mol. The summed E-state index contributed by atoms with van der Waals surface area (Å²) in [4.78, 5) is 20.0. The normalized spacial score (nSPS) is 15.1. The van der Waals surface area contributed by atoms with Crippen LogP contribution < -0.4 is 5.32 Å². The van der Waals surface area contributed by atoms with Gasteiger partial charge in [-0.05, 0) is 36.8 Å². The molecule has 1 aliphatic heterocycles. The smallest absolute Gasteiger partial charge is 0.322 e. The molecule has 0 aromatic heterocycles. The van der Waals surface area contributed by atoms with E-state index in [9.17, 15) is 13.6 Å². The molecule has 0 radical (unpaired) electrons. The Labute approximate surface area is 185 Å². The quantitative estimate of drug-likeness (QED) is 0.556. The van der Waals surface area contributed by atoms with Crippen LogP contribution in [0.2, 0.25) is 0 Å². The number of nitrogens with one attached hydrogen (secondary N) is 1. The number of hydrogen-bond donors (Lipinski definition) is 1. The second-order valence-corrected chi connectivity index (χ2v) is 7.72. The zero-order valence-electron chi connectivity index (χ0n) is 17.6. The number of aryl methyl sites for hydroxylation is 1. The van der Waals surface area contributed by atoms with Crippen molar-refractivity contribution in [2.45, 2.75) is 26.0 Å². The fraction of sp³-hybridized carbons (Fsp3) is 0.200. The predicted molar refractivity (Wildman–Crippen MR) is 119 cm³/mol. The van der Waals surface area contributed by atoms with E-state index in [2.05, 4.69) is 10.5 Å². The molecule has 0 saturated carbocycles. The van der Waals surface area contributed by atoms with E-state index in [1.807, 2.05) is 25.1 Å². The van der Waals surface area contributed by atoms with Crippen LogP contribution in [0.5, 0.6) is 0 Å². The van der Waals surface area contributed by atoms with Crippen molar-refractivity contribution >= 4 is 17.4 Å². The number of benzene rings is 3. The third-order valence-corrected chi connectivity index (χ3v) is 5.22. The molecule has 4 rings (SSSR count). The van der Waals surface area contributed by atoms with Crippen LogP contribution in [0, 0.1) is 18.6 Å². The highest BCUT2D eigenvalue weighted by atomic mass is 19.1. The summed E-state index contributed by atoms with van der Waals surface area (Å²) in [5.41, 5.74) is 2.90. The van der Waals surface area contributed by atoms with Crippen molar-refractivity contribution in [2.24, 2.45) is 5.16 Å². The van der Waals surface area contributed by atoms with Crippen LogP contribution in [0.1, 0.15) is 23.1 Å². The number of carbonyl (C=O) groups is 1. The molecule has 0 fully saturated rings. The van der Waals surface area contributed by atoms with Crippen LogP contribution in [0.4, 0.5) is 19.3 Å². The average Bonchev–Trinajstić information content (AvgIpc) is 3.23. The molecule has 1 N–H and O–H groups in total. The fourth-order valence-electron chi connectivity index (χ4n) is 3.60. The topological polar surface area (TPSA) is 53.9 Å². The maximum absolute atomic E-state index is 14.3. The van der Waals surface area contributed by atoms with Crippen molar-refractivity contribution in [3.8, 4) is 0 Å². The molecule has 0 saturated heterocycles. The molecule has 1 unspecified atom stereocenters. The first-order chi connectivity index (χ1) is 15.5. The van der Waals surface area contributed by atoms with Gasteiger partial charge in [0, 0.05) is 23.2 Å². The van der Waals surface area contributed by atoms with Crippen LogP contribution in [-0.2, 0) is 11.4 Å². The van der Waals surface area contributed by atoms with E-state index in [1.54, 1.807) is 42.5 Å². The Morgan fingerprint density at radius 1 is 1.06 bits per heavy atom. The van der Waals surface area contributed by atoms with Crippen LogP contribution in [-0.4, -0.2) is 29.3 Å². The van der Waals surface area contributed by atoms with Crippen molar-refractivity contribution in [3.05, 3.63) is 101 Å². The van der Waals surface area contributed by atoms with E-state index in [0.29, 0.717) is 28.9 Å². The summed E-state index contributed by atoms with van der Waals surface area (Å²) in [5, 5.41) is 6.89. The molecule has 3 aromatic rings. The second-order valence-electron chi connectivity index (χ2n) is 7.72. The van der Waals surface area contributed by atoms with Gasteiger partial charge in [-0.15, -0.1) is 0 Å². The molecule has 2 amide bonds. The minimum absolute atomic E-state index is 0.0548. The van der Waals surface area contributed by atoms with Gasteiger partial charge in [0.15, 0.2) is 6.10 Å². The molecule has 0 spiro atoms. The number of anilines is 1. The third kappa shape index (κ3) is 5.11. The van der Waals surface area contributed by atoms with Crippen LogP contribution in [0.15, 0.2) is 78.0 Å². The van der Waals surface area contributed by atoms with Crippen molar-refractivity contribution < 1.29 is 18.4 Å². The molecule has 164 valence electrons. The van der Waals surface area contributed by atoms with Gasteiger partial charge in [0.25, 0.3) is 0 Å². The van der Waals surface area contributed by atoms with Crippen molar-refractivity contribution in [2.75, 3.05) is 11.9 Å². The Bertz CT molecular complexity index is 1150. The SMILES string of the molecule is Cc1cccc(NC(=O)N(Cc2ccccc2F)CC2CC(c3ccccc3F)=NO2)c1. The molecule has 1 heterocycles. The highest BCUT2D eigenvalue weighted by Gasteiger charge is 2.28. The summed E-state index contributed by atoms with van der Waals surface area (Å²) in [6, 6.07) is 19.7. The van der Waals surface area contributed by atoms with Crippen LogP contribution >= 0.6 is 0 Å². The van der Waals surface area contributed by atoms with Crippen molar-refractivity contribution in [1.29, 1.82) is 0 Å². The largest absolute Gasteiger partial charge is 0.390 e. The van der Waals surface area contributed by atoms with Crippen molar-refractivity contribution in [3.63, 3.8) is 0 Å². The maximum atomic E-state index is 14.3. The van der Waals surface area contributed by atoms with Gasteiger partial charge >= 0.3 is 6.03 Å². The number of nitrogens with zero attached hydrogens (tertiary/aromatic N) is 2. The number of hydrogen-bond acceptors (Lipinski definition) is 3. The molecule has 0 aliphatic carbocycles. The highest BCUT2D eigenvalue weighted by Crippen LogP contribution is 2.21. The number of rotatable bonds is 6. The summed E-state index contributed by atoms with van der Waals surface area (Å²) < 4.78 is 28.4. The zero-order valence-corrected chi connectivity index (χ0v) is 17.6. The Kier molecular flexibility index (Phi) is 6.44. The molecular weight excluding hydrogens is 412 g/mol. The maximum Gasteiger partial charge on any atom is 0.322 e. The summed E-state index contributed by atoms with van der Waals surface area (Å²) in [7, 11) is 0. The lowest BCUT2D eigenvalue weighted by Crippen LogP contribution is -2.40. The first-order valence-electron chi connectivity index (χ1n) is 10.3. The summed E-state index contributed by atoms with van der Waals surface area (Å²) in [6.45, 7) is 2.15. The molecule has 1 aliphatic rings. The molecular formula is C25H23F2N3O2. The van der Waals surface area contributed by atoms with E-state index in [1.165, 1.54) is 17.0 Å². The second kappa shape index (κ2) is 9.60. The Hall–Kier alpha value is -3.74. The Morgan fingerprint density at radius 2 is 1.81 bits per heavy atom. The van der Waals surface area contributed by atoms with Crippen molar-refractivity contribution in [1.82, 2.24) is 4.90 Å². The lowest BCUT2D eigenvalue weighted by atomic mass is 10.0. The van der Waals surface area contributed by atoms with Gasteiger partial charge in [-0.3, -0.25) is 0 Å². The minimum Gasteiger partial charge on any atom is -0.390 e. The Morgan fingerprint density at radius 3 is 2.56 bits per heavy atom. The minimum atomic E-state index is -0.473. The summed E-state index contributed by atoms with van der Waals surface area (Å²) >= 11 is 0. The average molecular weight is 435 g/mol. The van der Waals surface area contributed by atoms with Gasteiger partial charge in [-0.2, -0.15) is 0 Å². The predicted octanol–water partition coefficient (Wildman–Crippen LogP) is 5.50. The van der Waals surface area contributed by atoms with E-state index in [4.69, 9.17) is 4.84 Å². The third-order valence-electron chi connectivity index (χ3n) is 5.22. The lowest BCUT2D eigenvalue weighted by Gasteiger charge is -2.25. The number of urea groups is 1. The standard InChI is InChI=1S/C25H23F2N3O2/c1-17-7-6-9-19(13-17)28-25(31)30(15-18-8-2-4-11-22(18)26)16-20-14-24(29-32-20)21-10-3-5-12-23(21)27/h2-13,20H,14-16H2,1H3,(H,28,31). The van der Waals surface area contributed by atoms with E-state index in [-0.39, 0.29) is 24.9 Å². The van der Waals surface area contributed by atoms with Gasteiger partial charge in [0.1, 0.15) is 11.6 Å². The molecule has 3 aromatic carbocycles. The lowest BCUT2D eigenvalue weighted by molar-refractivity contribution is 0.0606. The molecule has 1 atom stereocenters. The summed E-state index contributed by atoms with van der Waals surface area (Å²) in [5.74, 6) is -0.771. The molecule has 0 bridgehead atoms. The van der Waals surface area contributed by atoms with Crippen LogP contribution in [0.25, 0.3) is 0 Å². The number of amides is 2. The van der Waals surface area contributed by atoms with Gasteiger partial charge in [0.05, 0.1) is 18.8 Å². The molecule has 7 heteroatoms.